The number of fused-ring (bicyclic) bond motifs is 1. The van der Waals surface area contributed by atoms with Crippen molar-refractivity contribution in [1.82, 2.24) is 14.5 Å². The molecule has 1 N–H and O–H groups in total. The van der Waals surface area contributed by atoms with Gasteiger partial charge in [-0.05, 0) is 97.8 Å². The van der Waals surface area contributed by atoms with E-state index in [9.17, 15) is 6.48 Å². The van der Waals surface area contributed by atoms with Crippen molar-refractivity contribution in [2.75, 3.05) is 0 Å². The number of hydrogen-bond acceptors (Lipinski definition) is 3. The Balaban J connectivity index is 0.00000990. The van der Waals surface area contributed by atoms with Gasteiger partial charge in [0.05, 0.1) is 26.2 Å². The number of imidazole rings is 1. The van der Waals surface area contributed by atoms with E-state index in [1.165, 1.54) is 0 Å². The van der Waals surface area contributed by atoms with E-state index in [-0.39, 0.29) is 49.5 Å². The Kier molecular flexibility index (Phi) is 7.39. The van der Waals surface area contributed by atoms with Crippen molar-refractivity contribution in [3.63, 3.8) is 0 Å². The predicted octanol–water partition coefficient (Wildman–Crippen LogP) is 15.8. The fourth-order valence-electron chi connectivity index (χ4n) is 7.58. The summed E-state index contributed by atoms with van der Waals surface area (Å²) in [6.07, 6.45) is -0.785. The van der Waals surface area contributed by atoms with Crippen molar-refractivity contribution in [2.45, 2.75) is 111 Å². The zero-order valence-electron chi connectivity index (χ0n) is 56.3. The van der Waals surface area contributed by atoms with Crippen molar-refractivity contribution in [3.8, 4) is 67.5 Å². The van der Waals surface area contributed by atoms with E-state index in [0.29, 0.717) is 55.7 Å². The molecule has 4 nitrogen and oxygen atoms in total. The van der Waals surface area contributed by atoms with Crippen LogP contribution in [0.5, 0.6) is 5.75 Å². The van der Waals surface area contributed by atoms with Crippen LogP contribution in [0.25, 0.3) is 72.7 Å². The average Bonchev–Trinajstić information content (AvgIpc) is 1.05. The number of aromatic hydroxyl groups is 1. The van der Waals surface area contributed by atoms with E-state index in [2.05, 4.69) is 31.8 Å². The third-order valence-corrected chi connectivity index (χ3v) is 11.2. The first-order valence-corrected chi connectivity index (χ1v) is 20.7. The van der Waals surface area contributed by atoms with E-state index in [1.807, 2.05) is 101 Å². The van der Waals surface area contributed by atoms with E-state index < -0.39 is 108 Å². The van der Waals surface area contributed by atoms with Gasteiger partial charge >= 0.3 is 0 Å². The zero-order chi connectivity index (χ0) is 61.3. The number of benzene rings is 6. The molecule has 2 heterocycles. The quantitative estimate of drug-likeness (QED) is 0.169. The molecule has 6 aromatic carbocycles. The first kappa shape index (κ1) is 27.7. The molecule has 0 aliphatic carbocycles. The second kappa shape index (κ2) is 17.1. The van der Waals surface area contributed by atoms with Crippen LogP contribution in [0.2, 0.25) is 0 Å². The van der Waals surface area contributed by atoms with E-state index in [4.69, 9.17) is 29.7 Å². The smallest absolute Gasteiger partial charge is 0.148 e. The van der Waals surface area contributed by atoms with E-state index in [0.717, 1.165) is 5.56 Å². The molecule has 0 saturated carbocycles. The minimum Gasteiger partial charge on any atom is -0.507 e. The van der Waals surface area contributed by atoms with E-state index in [1.54, 1.807) is 36.4 Å². The summed E-state index contributed by atoms with van der Waals surface area (Å²) in [6.45, 7) is 3.51. The van der Waals surface area contributed by atoms with Crippen LogP contribution < -0.4 is 0 Å². The molecule has 330 valence electrons. The van der Waals surface area contributed by atoms with Crippen LogP contribution in [0.15, 0.2) is 133 Å². The van der Waals surface area contributed by atoms with Crippen molar-refractivity contribution >= 4 is 11.0 Å². The van der Waals surface area contributed by atoms with Gasteiger partial charge in [-0.25, -0.2) is 4.98 Å². The van der Waals surface area contributed by atoms with Crippen molar-refractivity contribution in [3.05, 3.63) is 167 Å². The maximum atomic E-state index is 12.5. The number of hydrogen-bond donors (Lipinski definition) is 1. The summed E-state index contributed by atoms with van der Waals surface area (Å²) in [4.78, 5) is 9.72. The van der Waals surface area contributed by atoms with Crippen molar-refractivity contribution in [1.29, 1.82) is 0 Å². The maximum Gasteiger partial charge on any atom is 0.148 e. The number of aromatic nitrogens is 3. The SMILES string of the molecule is [2H]c1nc(-c2[c-]c(-c3cccc4c3nc(-c3cc(C(C)(C)C)cc(C(C)(C)C)c3O)n4-c3ccc(-c4ccccc4)c(C([2H])([2H])[2H])c3)cc(C(C)(C)C)c2)c([2H])c(-c2c([2H])c([2H])c(C(C([2H])([2H])[2H])(C([2H])([2H])[2H])C([2H])([2H])[2H])c([2H])c2[2H])c1[2H].[Pt]. The van der Waals surface area contributed by atoms with Crippen LogP contribution in [-0.2, 0) is 42.7 Å². The van der Waals surface area contributed by atoms with Gasteiger partial charge in [-0.1, -0.05) is 179 Å². The number of phenols is 1. The molecule has 0 saturated heterocycles. The summed E-state index contributed by atoms with van der Waals surface area (Å²) in [7, 11) is 0. The Bertz CT molecular complexity index is 3790. The number of phenolic OH excluding ortho intramolecular Hbond substituents is 1. The third kappa shape index (κ3) is 9.18. The van der Waals surface area contributed by atoms with Crippen LogP contribution in [0.4, 0.5) is 0 Å². The molecular formula is C59H62N3OPt-. The van der Waals surface area contributed by atoms with Gasteiger partial charge in [-0.3, -0.25) is 9.55 Å². The molecule has 0 fully saturated rings. The number of nitrogens with zero attached hydrogens (tertiary/aromatic N) is 3. The van der Waals surface area contributed by atoms with Gasteiger partial charge in [-0.2, -0.15) is 0 Å². The molecule has 0 atom stereocenters. The van der Waals surface area contributed by atoms with Gasteiger partial charge in [0.2, 0.25) is 0 Å². The number of pyridine rings is 1. The molecule has 0 unspecified atom stereocenters. The van der Waals surface area contributed by atoms with Gasteiger partial charge in [0.1, 0.15) is 11.6 Å². The van der Waals surface area contributed by atoms with Crippen LogP contribution in [-0.4, -0.2) is 19.6 Å². The monoisotopic (exact) mass is 1040 g/mol. The van der Waals surface area contributed by atoms with Gasteiger partial charge < -0.3 is 5.11 Å². The summed E-state index contributed by atoms with van der Waals surface area (Å²) < 4.78 is 166. The first-order valence-electron chi connectivity index (χ1n) is 30.2. The Morgan fingerprint density at radius 2 is 1.30 bits per heavy atom. The Morgan fingerprint density at radius 3 is 1.95 bits per heavy atom. The summed E-state index contributed by atoms with van der Waals surface area (Å²) in [5.74, 6) is 0.243. The molecule has 64 heavy (non-hydrogen) atoms. The fraction of sp³-hybridized carbons (Fsp3) is 0.288. The van der Waals surface area contributed by atoms with Crippen molar-refractivity contribution < 1.29 is 52.2 Å². The first-order chi connectivity index (χ1) is 37.5. The molecule has 0 spiro atoms. The van der Waals surface area contributed by atoms with E-state index >= 15 is 0 Å². The van der Waals surface area contributed by atoms with Gasteiger partial charge in [0, 0.05) is 60.6 Å². The summed E-state index contributed by atoms with van der Waals surface area (Å²) in [5, 5.41) is 12.5. The van der Waals surface area contributed by atoms with Crippen LogP contribution in [0.3, 0.4) is 0 Å². The Hall–Kier alpha value is -5.57. The van der Waals surface area contributed by atoms with Gasteiger partial charge in [0.25, 0.3) is 0 Å². The Morgan fingerprint density at radius 1 is 0.609 bits per heavy atom. The molecule has 5 heteroatoms. The largest absolute Gasteiger partial charge is 0.507 e. The summed E-state index contributed by atoms with van der Waals surface area (Å²) in [6, 6.07) is 23.9. The van der Waals surface area contributed by atoms with Crippen molar-refractivity contribution in [2.24, 2.45) is 0 Å². The number of aryl methyl sites for hydroxylation is 1. The molecule has 8 rings (SSSR count). The summed E-state index contributed by atoms with van der Waals surface area (Å²) in [5.41, 5.74) is -2.73. The number of rotatable bonds is 6. The van der Waals surface area contributed by atoms with Crippen LogP contribution >= 0.6 is 0 Å². The Labute approximate surface area is 422 Å². The maximum absolute atomic E-state index is 12.5. The predicted molar refractivity (Wildman–Crippen MR) is 266 cm³/mol. The van der Waals surface area contributed by atoms with Gasteiger partial charge in [-0.15, -0.1) is 29.3 Å². The average molecular weight is 1040 g/mol. The zero-order valence-corrected chi connectivity index (χ0v) is 39.5. The topological polar surface area (TPSA) is 50.9 Å². The molecule has 8 aromatic rings. The molecule has 0 aliphatic rings. The molecule has 0 radical (unpaired) electrons. The molecule has 2 aromatic heterocycles. The normalized spacial score (nSPS) is 17.5. The molecule has 0 amide bonds. The minimum absolute atomic E-state index is 0. The van der Waals surface area contributed by atoms with Gasteiger partial charge in [0.15, 0.2) is 0 Å². The minimum atomic E-state index is -3.95. The second-order valence-corrected chi connectivity index (χ2v) is 19.1. The third-order valence-electron chi connectivity index (χ3n) is 11.2. The number of para-hydroxylation sites is 1. The second-order valence-electron chi connectivity index (χ2n) is 19.1. The fourth-order valence-corrected chi connectivity index (χ4v) is 7.58. The summed E-state index contributed by atoms with van der Waals surface area (Å²) >= 11 is 0. The standard InChI is InChI=1S/C59H62N3O.Pt/c1-37-30-46(26-27-47(37)39-18-15-14-16-19-39)62-52-21-17-20-48(53(52)61-55(62)49-35-45(58(8,9)10)36-50(54(49)63)59(11,12)13)41-31-42(33-44(32-41)57(5,6)7)51-34-40(28-29-60-51)38-22-24-43(25-23-38)56(2,3)4;/h14-30,32-36,63H,1-13H3;/q-1;/i1D3,2D3,3D3,4D3,22D,23D,24D,25D,28D,29D,34D;. The molecule has 0 aliphatic heterocycles. The van der Waals surface area contributed by atoms with Crippen LogP contribution in [0.1, 0.15) is 137 Å². The van der Waals surface area contributed by atoms with Crippen LogP contribution in [0, 0.1) is 12.9 Å². The molecule has 0 bridgehead atoms. The molecular weight excluding hydrogens is 962 g/mol.